The standard InChI is InChI=1S/C26H31N2O6P/c1-33-35(31,32)34-19-9-3-2-8-18-27-25(29)16-17-26(30)28-20-23-12-5-4-10-21(23)14-15-22-11-6-7-13-24(22)28/h4-7,10-13H,2-3,8-9,16-20H2,1H3,(H,27,29)(H,31,32). The number of benzene rings is 2. The number of fused-ring (bicyclic) bond motifs is 2. The van der Waals surface area contributed by atoms with Crippen LogP contribution in [0.5, 0.6) is 0 Å². The summed E-state index contributed by atoms with van der Waals surface area (Å²) in [4.78, 5) is 36.3. The van der Waals surface area contributed by atoms with Gasteiger partial charge in [-0.1, -0.05) is 55.0 Å². The van der Waals surface area contributed by atoms with Crippen LogP contribution >= 0.6 is 7.82 Å². The van der Waals surface area contributed by atoms with E-state index in [0.29, 0.717) is 19.5 Å². The zero-order valence-electron chi connectivity index (χ0n) is 19.9. The number of carbonyl (C=O) groups excluding carboxylic acids is 2. The second-order valence-corrected chi connectivity index (χ2v) is 9.71. The summed E-state index contributed by atoms with van der Waals surface area (Å²) in [5.41, 5.74) is 3.41. The highest BCUT2D eigenvalue weighted by molar-refractivity contribution is 7.47. The molecule has 1 aliphatic rings. The number of anilines is 1. The van der Waals surface area contributed by atoms with Crippen molar-refractivity contribution in [2.75, 3.05) is 25.2 Å². The average molecular weight is 499 g/mol. The van der Waals surface area contributed by atoms with Gasteiger partial charge in [-0.05, 0) is 36.6 Å². The number of carbonyl (C=O) groups is 2. The molecule has 1 atom stereocenters. The first kappa shape index (κ1) is 26.7. The Morgan fingerprint density at radius 1 is 1.00 bits per heavy atom. The van der Waals surface area contributed by atoms with Crippen LogP contribution in [0, 0.1) is 11.8 Å². The number of unbranched alkanes of at least 4 members (excludes halogenated alkanes) is 3. The van der Waals surface area contributed by atoms with Gasteiger partial charge in [0, 0.05) is 37.6 Å². The lowest BCUT2D eigenvalue weighted by atomic mass is 10.0. The maximum Gasteiger partial charge on any atom is 0.471 e. The Hall–Kier alpha value is -2.95. The number of para-hydroxylation sites is 1. The van der Waals surface area contributed by atoms with Gasteiger partial charge in [-0.3, -0.25) is 18.6 Å². The fraction of sp³-hybridized carbons (Fsp3) is 0.385. The summed E-state index contributed by atoms with van der Waals surface area (Å²) in [7, 11) is -2.78. The molecule has 186 valence electrons. The summed E-state index contributed by atoms with van der Waals surface area (Å²) >= 11 is 0. The third kappa shape index (κ3) is 8.34. The van der Waals surface area contributed by atoms with E-state index < -0.39 is 7.82 Å². The van der Waals surface area contributed by atoms with Crippen molar-refractivity contribution in [3.05, 3.63) is 65.2 Å². The molecule has 1 aliphatic heterocycles. The summed E-state index contributed by atoms with van der Waals surface area (Å²) in [6.45, 7) is 1.06. The SMILES string of the molecule is COP(=O)(O)OCCCCCCNC(=O)CCC(=O)N1Cc2ccccc2C#Cc2ccccc21. The molecule has 35 heavy (non-hydrogen) atoms. The van der Waals surface area contributed by atoms with Gasteiger partial charge < -0.3 is 15.1 Å². The molecule has 8 nitrogen and oxygen atoms in total. The molecule has 0 aromatic heterocycles. The van der Waals surface area contributed by atoms with E-state index in [1.807, 2.05) is 48.5 Å². The number of nitrogens with one attached hydrogen (secondary N) is 1. The van der Waals surface area contributed by atoms with Crippen LogP contribution in [0.4, 0.5) is 5.69 Å². The van der Waals surface area contributed by atoms with Crippen LogP contribution in [-0.4, -0.2) is 37.0 Å². The van der Waals surface area contributed by atoms with Crippen molar-refractivity contribution in [1.29, 1.82) is 0 Å². The second-order valence-electron chi connectivity index (χ2n) is 8.15. The number of hydrogen-bond acceptors (Lipinski definition) is 5. The van der Waals surface area contributed by atoms with Crippen molar-refractivity contribution in [2.45, 2.75) is 45.1 Å². The Kier molecular flexibility index (Phi) is 10.1. The number of rotatable bonds is 12. The highest BCUT2D eigenvalue weighted by Crippen LogP contribution is 2.41. The Morgan fingerprint density at radius 2 is 1.69 bits per heavy atom. The molecule has 2 amide bonds. The summed E-state index contributed by atoms with van der Waals surface area (Å²) in [5, 5.41) is 2.85. The minimum absolute atomic E-state index is 0.105. The van der Waals surface area contributed by atoms with Gasteiger partial charge in [-0.25, -0.2) is 4.57 Å². The summed E-state index contributed by atoms with van der Waals surface area (Å²) in [6.07, 6.45) is 3.26. The molecular weight excluding hydrogens is 467 g/mol. The molecule has 0 aliphatic carbocycles. The van der Waals surface area contributed by atoms with Crippen LogP contribution in [0.15, 0.2) is 48.5 Å². The highest BCUT2D eigenvalue weighted by atomic mass is 31.2. The van der Waals surface area contributed by atoms with Gasteiger partial charge in [-0.2, -0.15) is 0 Å². The Bertz CT molecular complexity index is 1140. The fourth-order valence-electron chi connectivity index (χ4n) is 3.69. The molecular formula is C26H31N2O6P. The lowest BCUT2D eigenvalue weighted by molar-refractivity contribution is -0.125. The van der Waals surface area contributed by atoms with Crippen molar-refractivity contribution in [3.8, 4) is 11.8 Å². The van der Waals surface area contributed by atoms with Crippen LogP contribution < -0.4 is 10.2 Å². The van der Waals surface area contributed by atoms with Crippen molar-refractivity contribution < 1.29 is 28.1 Å². The highest BCUT2D eigenvalue weighted by Gasteiger charge is 2.21. The Morgan fingerprint density at radius 3 is 2.49 bits per heavy atom. The van der Waals surface area contributed by atoms with E-state index in [1.165, 1.54) is 0 Å². The van der Waals surface area contributed by atoms with Crippen molar-refractivity contribution >= 4 is 25.3 Å². The molecule has 9 heteroatoms. The summed E-state index contributed by atoms with van der Waals surface area (Å²) in [6, 6.07) is 15.3. The molecule has 2 aromatic carbocycles. The van der Waals surface area contributed by atoms with E-state index >= 15 is 0 Å². The Balaban J connectivity index is 1.43. The van der Waals surface area contributed by atoms with Crippen LogP contribution in [0.1, 0.15) is 55.2 Å². The molecule has 1 unspecified atom stereocenters. The van der Waals surface area contributed by atoms with Gasteiger partial charge in [0.2, 0.25) is 11.8 Å². The second kappa shape index (κ2) is 13.2. The van der Waals surface area contributed by atoms with Gasteiger partial charge in [-0.15, -0.1) is 0 Å². The van der Waals surface area contributed by atoms with Crippen LogP contribution in [0.25, 0.3) is 0 Å². The molecule has 0 bridgehead atoms. The molecule has 0 fully saturated rings. The lowest BCUT2D eigenvalue weighted by Crippen LogP contribution is -2.33. The first-order valence-corrected chi connectivity index (χ1v) is 13.2. The smallest absolute Gasteiger partial charge is 0.356 e. The van der Waals surface area contributed by atoms with Gasteiger partial charge in [0.1, 0.15) is 0 Å². The number of phosphoric ester groups is 1. The zero-order valence-corrected chi connectivity index (χ0v) is 20.8. The quantitative estimate of drug-likeness (QED) is 0.259. The maximum atomic E-state index is 13.1. The zero-order chi connectivity index (χ0) is 25.1. The monoisotopic (exact) mass is 498 g/mol. The third-order valence-electron chi connectivity index (χ3n) is 5.62. The molecule has 1 heterocycles. The molecule has 0 saturated heterocycles. The van der Waals surface area contributed by atoms with E-state index in [1.54, 1.807) is 4.90 Å². The van der Waals surface area contributed by atoms with E-state index in [-0.39, 0.29) is 31.3 Å². The topological polar surface area (TPSA) is 105 Å². The van der Waals surface area contributed by atoms with Gasteiger partial charge in [0.15, 0.2) is 0 Å². The van der Waals surface area contributed by atoms with Gasteiger partial charge >= 0.3 is 7.82 Å². The number of phosphoric acid groups is 1. The van der Waals surface area contributed by atoms with Crippen molar-refractivity contribution in [2.24, 2.45) is 0 Å². The van der Waals surface area contributed by atoms with Crippen LogP contribution in [0.2, 0.25) is 0 Å². The number of nitrogens with zero attached hydrogens (tertiary/aromatic N) is 1. The lowest BCUT2D eigenvalue weighted by Gasteiger charge is -2.26. The van der Waals surface area contributed by atoms with E-state index in [9.17, 15) is 14.2 Å². The number of amides is 2. The first-order valence-electron chi connectivity index (χ1n) is 11.7. The first-order chi connectivity index (χ1) is 16.9. The van der Waals surface area contributed by atoms with Gasteiger partial charge in [0.05, 0.1) is 18.8 Å². The molecule has 0 radical (unpaired) electrons. The van der Waals surface area contributed by atoms with Gasteiger partial charge in [0.25, 0.3) is 0 Å². The van der Waals surface area contributed by atoms with Crippen molar-refractivity contribution in [3.63, 3.8) is 0 Å². The largest absolute Gasteiger partial charge is 0.471 e. The minimum Gasteiger partial charge on any atom is -0.356 e. The minimum atomic E-state index is -3.91. The molecule has 2 N–H and O–H groups in total. The van der Waals surface area contributed by atoms with Crippen molar-refractivity contribution in [1.82, 2.24) is 5.32 Å². The predicted molar refractivity (Wildman–Crippen MR) is 134 cm³/mol. The predicted octanol–water partition coefficient (Wildman–Crippen LogP) is 4.15. The van der Waals surface area contributed by atoms with Crippen LogP contribution in [0.3, 0.4) is 0 Å². The molecule has 0 spiro atoms. The molecule has 0 saturated carbocycles. The third-order valence-corrected chi connectivity index (χ3v) is 6.59. The Labute approximate surface area is 206 Å². The maximum absolute atomic E-state index is 13.1. The van der Waals surface area contributed by atoms with E-state index in [0.717, 1.165) is 48.8 Å². The molecule has 3 rings (SSSR count). The summed E-state index contributed by atoms with van der Waals surface area (Å²) in [5.74, 6) is 6.08. The fourth-order valence-corrected chi connectivity index (χ4v) is 4.16. The number of hydrogen-bond donors (Lipinski definition) is 2. The molecule has 2 aromatic rings. The van der Waals surface area contributed by atoms with E-state index in [2.05, 4.69) is 21.7 Å². The van der Waals surface area contributed by atoms with E-state index in [4.69, 9.17) is 9.42 Å². The average Bonchev–Trinajstić information content (AvgIpc) is 2.85. The van der Waals surface area contributed by atoms with Crippen LogP contribution in [-0.2, 0) is 29.7 Å². The summed E-state index contributed by atoms with van der Waals surface area (Å²) < 4.78 is 20.3. The normalized spacial score (nSPS) is 13.8.